The average Bonchev–Trinajstić information content (AvgIpc) is 2.89. The molecule has 2 nitrogen and oxygen atoms in total. The molecular formula is C13H21NOS. The van der Waals surface area contributed by atoms with E-state index in [2.05, 4.69) is 17.8 Å². The summed E-state index contributed by atoms with van der Waals surface area (Å²) in [5.41, 5.74) is 7.82. The first-order valence-electron chi connectivity index (χ1n) is 6.45. The molecule has 1 aliphatic carbocycles. The number of allylic oxidation sites excluding steroid dienone is 1. The van der Waals surface area contributed by atoms with E-state index in [1.807, 2.05) is 0 Å². The molecule has 0 bridgehead atoms. The summed E-state index contributed by atoms with van der Waals surface area (Å²) in [6, 6.07) is 0.326. The molecule has 2 N–H and O–H groups in total. The van der Waals surface area contributed by atoms with Crippen LogP contribution in [0.25, 0.3) is 0 Å². The van der Waals surface area contributed by atoms with Crippen molar-refractivity contribution < 1.29 is 4.74 Å². The van der Waals surface area contributed by atoms with Crippen LogP contribution in [0, 0.1) is 5.92 Å². The van der Waals surface area contributed by atoms with E-state index in [1.54, 1.807) is 5.57 Å². The van der Waals surface area contributed by atoms with Crippen molar-refractivity contribution in [3.8, 4) is 0 Å². The average molecular weight is 239 g/mol. The Kier molecular flexibility index (Phi) is 3.03. The molecule has 3 unspecified atom stereocenters. The minimum absolute atomic E-state index is 0.223. The zero-order valence-corrected chi connectivity index (χ0v) is 10.6. The third-order valence-electron chi connectivity index (χ3n) is 4.28. The minimum Gasteiger partial charge on any atom is -0.374 e. The van der Waals surface area contributed by atoms with Crippen LogP contribution in [0.3, 0.4) is 0 Å². The van der Waals surface area contributed by atoms with E-state index >= 15 is 0 Å². The van der Waals surface area contributed by atoms with Crippen LogP contribution in [-0.4, -0.2) is 29.8 Å². The molecule has 0 aromatic rings. The molecule has 2 fully saturated rings. The van der Waals surface area contributed by atoms with Gasteiger partial charge in [0.2, 0.25) is 0 Å². The number of hydrogen-bond acceptors (Lipinski definition) is 3. The maximum atomic E-state index is 6.06. The van der Waals surface area contributed by atoms with Crippen molar-refractivity contribution >= 4 is 11.8 Å². The van der Waals surface area contributed by atoms with Crippen LogP contribution in [-0.2, 0) is 4.74 Å². The molecule has 3 heteroatoms. The Balaban J connectivity index is 1.70. The summed E-state index contributed by atoms with van der Waals surface area (Å²) in [4.78, 5) is 0. The Labute approximate surface area is 102 Å². The van der Waals surface area contributed by atoms with Gasteiger partial charge >= 0.3 is 0 Å². The van der Waals surface area contributed by atoms with Gasteiger partial charge in [0.15, 0.2) is 0 Å². The van der Waals surface area contributed by atoms with Gasteiger partial charge in [0.25, 0.3) is 0 Å². The Bertz CT molecular complexity index is 296. The van der Waals surface area contributed by atoms with E-state index < -0.39 is 0 Å². The van der Waals surface area contributed by atoms with Gasteiger partial charge in [-0.3, -0.25) is 0 Å². The van der Waals surface area contributed by atoms with Crippen molar-refractivity contribution in [2.45, 2.75) is 43.7 Å². The van der Waals surface area contributed by atoms with Gasteiger partial charge < -0.3 is 10.5 Å². The first kappa shape index (κ1) is 11.1. The van der Waals surface area contributed by atoms with Crippen molar-refractivity contribution in [3.05, 3.63) is 11.6 Å². The fraction of sp³-hybridized carbons (Fsp3) is 0.846. The molecule has 2 saturated heterocycles. The molecule has 0 radical (unpaired) electrons. The lowest BCUT2D eigenvalue weighted by Gasteiger charge is -2.38. The van der Waals surface area contributed by atoms with E-state index in [1.165, 1.54) is 37.2 Å². The van der Waals surface area contributed by atoms with Crippen LogP contribution < -0.4 is 5.73 Å². The van der Waals surface area contributed by atoms with Crippen LogP contribution in [0.5, 0.6) is 0 Å². The molecule has 0 amide bonds. The van der Waals surface area contributed by atoms with Gasteiger partial charge in [0.05, 0.1) is 5.60 Å². The summed E-state index contributed by atoms with van der Waals surface area (Å²) in [6.07, 6.45) is 8.44. The van der Waals surface area contributed by atoms with Gasteiger partial charge in [0.1, 0.15) is 0 Å². The number of nitrogens with two attached hydrogens (primary N) is 1. The molecule has 2 heterocycles. The Hall–Kier alpha value is 0.01000. The number of hydrogen-bond donors (Lipinski definition) is 1. The van der Waals surface area contributed by atoms with Crippen molar-refractivity contribution in [1.82, 2.24) is 0 Å². The van der Waals surface area contributed by atoms with Crippen LogP contribution in [0.1, 0.15) is 32.1 Å². The topological polar surface area (TPSA) is 35.2 Å². The molecule has 3 atom stereocenters. The molecule has 0 saturated carbocycles. The van der Waals surface area contributed by atoms with Gasteiger partial charge in [-0.2, -0.15) is 11.8 Å². The lowest BCUT2D eigenvalue weighted by atomic mass is 9.81. The predicted octanol–water partition coefficient (Wildman–Crippen LogP) is 2.34. The van der Waals surface area contributed by atoms with Crippen LogP contribution >= 0.6 is 11.8 Å². The standard InChI is InChI=1S/C13H21NOS/c14-12-2-1-10(7-12)11-3-5-15-13(8-11)4-6-16-9-13/h7,11-12H,1-6,8-9,14H2. The molecule has 1 spiro atoms. The van der Waals surface area contributed by atoms with Crippen molar-refractivity contribution in [2.24, 2.45) is 11.7 Å². The van der Waals surface area contributed by atoms with Gasteiger partial charge in [-0.25, -0.2) is 0 Å². The second-order valence-corrected chi connectivity index (χ2v) is 6.57. The summed E-state index contributed by atoms with van der Waals surface area (Å²) < 4.78 is 6.06. The fourth-order valence-electron chi connectivity index (χ4n) is 3.32. The van der Waals surface area contributed by atoms with Gasteiger partial charge in [-0.1, -0.05) is 11.6 Å². The smallest absolute Gasteiger partial charge is 0.0786 e. The third kappa shape index (κ3) is 2.05. The molecule has 90 valence electrons. The van der Waals surface area contributed by atoms with Crippen molar-refractivity contribution in [2.75, 3.05) is 18.1 Å². The molecule has 3 aliphatic rings. The van der Waals surface area contributed by atoms with E-state index in [9.17, 15) is 0 Å². The highest BCUT2D eigenvalue weighted by Crippen LogP contribution is 2.44. The van der Waals surface area contributed by atoms with Crippen LogP contribution in [0.2, 0.25) is 0 Å². The maximum absolute atomic E-state index is 6.06. The summed E-state index contributed by atoms with van der Waals surface area (Å²) in [5.74, 6) is 3.26. The molecule has 2 aliphatic heterocycles. The van der Waals surface area contributed by atoms with E-state index in [0.29, 0.717) is 6.04 Å². The maximum Gasteiger partial charge on any atom is 0.0786 e. The third-order valence-corrected chi connectivity index (χ3v) is 5.50. The quantitative estimate of drug-likeness (QED) is 0.713. The molecule has 0 aromatic heterocycles. The van der Waals surface area contributed by atoms with Crippen molar-refractivity contribution in [3.63, 3.8) is 0 Å². The molecule has 3 rings (SSSR count). The Morgan fingerprint density at radius 2 is 2.38 bits per heavy atom. The van der Waals surface area contributed by atoms with E-state index in [4.69, 9.17) is 10.5 Å². The number of rotatable bonds is 1. The monoisotopic (exact) mass is 239 g/mol. The molecule has 0 aromatic carbocycles. The van der Waals surface area contributed by atoms with E-state index in [-0.39, 0.29) is 5.60 Å². The van der Waals surface area contributed by atoms with Gasteiger partial charge in [-0.05, 0) is 43.8 Å². The van der Waals surface area contributed by atoms with Gasteiger partial charge in [-0.15, -0.1) is 0 Å². The normalized spacial score (nSPS) is 43.9. The SMILES string of the molecule is NC1C=C(C2CCOC3(CCSC3)C2)CC1. The first-order chi connectivity index (χ1) is 7.77. The first-order valence-corrected chi connectivity index (χ1v) is 7.61. The van der Waals surface area contributed by atoms with Crippen molar-refractivity contribution in [1.29, 1.82) is 0 Å². The number of ether oxygens (including phenoxy) is 1. The molecular weight excluding hydrogens is 218 g/mol. The van der Waals surface area contributed by atoms with Gasteiger partial charge in [0, 0.05) is 18.4 Å². The lowest BCUT2D eigenvalue weighted by molar-refractivity contribution is -0.0737. The largest absolute Gasteiger partial charge is 0.374 e. The number of thioether (sulfide) groups is 1. The fourth-order valence-corrected chi connectivity index (χ4v) is 4.70. The highest BCUT2D eigenvalue weighted by molar-refractivity contribution is 7.99. The zero-order valence-electron chi connectivity index (χ0n) is 9.78. The zero-order chi connectivity index (χ0) is 11.0. The van der Waals surface area contributed by atoms with Crippen LogP contribution in [0.15, 0.2) is 11.6 Å². The minimum atomic E-state index is 0.223. The second-order valence-electron chi connectivity index (χ2n) is 5.47. The highest BCUT2D eigenvalue weighted by atomic mass is 32.2. The predicted molar refractivity (Wildman–Crippen MR) is 68.6 cm³/mol. The second kappa shape index (κ2) is 4.35. The summed E-state index contributed by atoms with van der Waals surface area (Å²) in [6.45, 7) is 0.956. The highest BCUT2D eigenvalue weighted by Gasteiger charge is 2.41. The molecule has 16 heavy (non-hydrogen) atoms. The van der Waals surface area contributed by atoms with Crippen LogP contribution in [0.4, 0.5) is 0 Å². The Morgan fingerprint density at radius 1 is 1.44 bits per heavy atom. The Morgan fingerprint density at radius 3 is 3.06 bits per heavy atom. The summed E-state index contributed by atoms with van der Waals surface area (Å²) >= 11 is 2.06. The lowest BCUT2D eigenvalue weighted by Crippen LogP contribution is -2.40. The van der Waals surface area contributed by atoms with E-state index in [0.717, 1.165) is 18.9 Å². The summed E-state index contributed by atoms with van der Waals surface area (Å²) in [5, 5.41) is 0. The summed E-state index contributed by atoms with van der Waals surface area (Å²) in [7, 11) is 0.